The predicted molar refractivity (Wildman–Crippen MR) is 75.3 cm³/mol. The molecular formula is C14H16N2OS. The molecule has 3 nitrogen and oxygen atoms in total. The van der Waals surface area contributed by atoms with Crippen LogP contribution in [0.25, 0.3) is 0 Å². The first-order chi connectivity index (χ1) is 8.56. The Hall–Kier alpha value is -1.68. The van der Waals surface area contributed by atoms with Crippen LogP contribution in [0.15, 0.2) is 29.6 Å². The van der Waals surface area contributed by atoms with E-state index in [9.17, 15) is 4.79 Å². The van der Waals surface area contributed by atoms with Crippen molar-refractivity contribution in [2.45, 2.75) is 26.8 Å². The molecule has 0 bridgehead atoms. The molecule has 1 aromatic carbocycles. The fraction of sp³-hybridized carbons (Fsp3) is 0.286. The topological polar surface area (TPSA) is 42.0 Å². The maximum absolute atomic E-state index is 11.2. The zero-order valence-corrected chi connectivity index (χ0v) is 11.5. The number of thiazole rings is 1. The first-order valence-corrected chi connectivity index (χ1v) is 6.74. The average molecular weight is 260 g/mol. The molecule has 0 aliphatic heterocycles. The SMILES string of the molecule is CC(=O)c1ccc(NC(C)c2nc(C)cs2)cc1. The van der Waals surface area contributed by atoms with Crippen LogP contribution >= 0.6 is 11.3 Å². The van der Waals surface area contributed by atoms with Gasteiger partial charge in [0.15, 0.2) is 5.78 Å². The summed E-state index contributed by atoms with van der Waals surface area (Å²) in [6.45, 7) is 5.65. The molecule has 1 N–H and O–H groups in total. The van der Waals surface area contributed by atoms with Gasteiger partial charge in [0.2, 0.25) is 0 Å². The molecule has 0 amide bonds. The molecule has 1 atom stereocenters. The normalized spacial score (nSPS) is 12.2. The molecule has 0 aliphatic rings. The summed E-state index contributed by atoms with van der Waals surface area (Å²) < 4.78 is 0. The number of carbonyl (C=O) groups excluding carboxylic acids is 1. The van der Waals surface area contributed by atoms with E-state index in [1.807, 2.05) is 36.6 Å². The van der Waals surface area contributed by atoms with Gasteiger partial charge < -0.3 is 5.32 Å². The van der Waals surface area contributed by atoms with Gasteiger partial charge in [0, 0.05) is 22.3 Å². The standard InChI is InChI=1S/C14H16N2OS/c1-9-8-18-14(15-9)10(2)16-13-6-4-12(5-7-13)11(3)17/h4-8,10,16H,1-3H3. The molecule has 1 heterocycles. The second-order valence-corrected chi connectivity index (χ2v) is 5.22. The molecule has 2 aromatic rings. The molecular weight excluding hydrogens is 244 g/mol. The number of Topliss-reactive ketones (excluding diaryl/α,β-unsaturated/α-hetero) is 1. The fourth-order valence-corrected chi connectivity index (χ4v) is 2.49. The number of ketones is 1. The first-order valence-electron chi connectivity index (χ1n) is 5.86. The van der Waals surface area contributed by atoms with Crippen molar-refractivity contribution in [3.63, 3.8) is 0 Å². The van der Waals surface area contributed by atoms with Gasteiger partial charge in [0.05, 0.1) is 6.04 Å². The number of aromatic nitrogens is 1. The minimum absolute atomic E-state index is 0.0881. The lowest BCUT2D eigenvalue weighted by atomic mass is 10.1. The van der Waals surface area contributed by atoms with E-state index in [0.29, 0.717) is 0 Å². The molecule has 2 rings (SSSR count). The van der Waals surface area contributed by atoms with E-state index < -0.39 is 0 Å². The van der Waals surface area contributed by atoms with Crippen molar-refractivity contribution in [1.29, 1.82) is 0 Å². The lowest BCUT2D eigenvalue weighted by Crippen LogP contribution is -2.06. The lowest BCUT2D eigenvalue weighted by Gasteiger charge is -2.12. The maximum atomic E-state index is 11.2. The zero-order chi connectivity index (χ0) is 13.1. The number of nitrogens with zero attached hydrogens (tertiary/aromatic N) is 1. The van der Waals surface area contributed by atoms with E-state index in [2.05, 4.69) is 17.2 Å². The highest BCUT2D eigenvalue weighted by atomic mass is 32.1. The van der Waals surface area contributed by atoms with Crippen molar-refractivity contribution in [3.05, 3.63) is 45.9 Å². The van der Waals surface area contributed by atoms with E-state index >= 15 is 0 Å². The molecule has 1 unspecified atom stereocenters. The van der Waals surface area contributed by atoms with Crippen LogP contribution in [-0.4, -0.2) is 10.8 Å². The van der Waals surface area contributed by atoms with E-state index in [0.717, 1.165) is 22.0 Å². The highest BCUT2D eigenvalue weighted by molar-refractivity contribution is 7.09. The third kappa shape index (κ3) is 2.96. The number of hydrogen-bond acceptors (Lipinski definition) is 4. The molecule has 1 aromatic heterocycles. The van der Waals surface area contributed by atoms with Gasteiger partial charge in [-0.1, -0.05) is 0 Å². The molecule has 0 aliphatic carbocycles. The van der Waals surface area contributed by atoms with Crippen LogP contribution in [0, 0.1) is 6.92 Å². The number of rotatable bonds is 4. The van der Waals surface area contributed by atoms with Crippen LogP contribution in [0.5, 0.6) is 0 Å². The number of aryl methyl sites for hydroxylation is 1. The summed E-state index contributed by atoms with van der Waals surface area (Å²) in [5, 5.41) is 6.49. The minimum Gasteiger partial charge on any atom is -0.376 e. The van der Waals surface area contributed by atoms with Crippen LogP contribution in [-0.2, 0) is 0 Å². The van der Waals surface area contributed by atoms with Crippen LogP contribution in [0.4, 0.5) is 5.69 Å². The van der Waals surface area contributed by atoms with E-state index in [4.69, 9.17) is 0 Å². The summed E-state index contributed by atoms with van der Waals surface area (Å²) >= 11 is 1.66. The van der Waals surface area contributed by atoms with E-state index in [1.54, 1.807) is 18.3 Å². The summed E-state index contributed by atoms with van der Waals surface area (Å²) in [6, 6.07) is 7.70. The Morgan fingerprint density at radius 2 is 2.00 bits per heavy atom. The third-order valence-corrected chi connectivity index (χ3v) is 3.83. The number of benzene rings is 1. The van der Waals surface area contributed by atoms with Gasteiger partial charge in [-0.15, -0.1) is 11.3 Å². The number of hydrogen-bond donors (Lipinski definition) is 1. The molecule has 18 heavy (non-hydrogen) atoms. The summed E-state index contributed by atoms with van der Waals surface area (Å²) in [5.74, 6) is 0.0881. The molecule has 0 fully saturated rings. The van der Waals surface area contributed by atoms with Gasteiger partial charge >= 0.3 is 0 Å². The average Bonchev–Trinajstić information content (AvgIpc) is 2.76. The summed E-state index contributed by atoms with van der Waals surface area (Å²) in [6.07, 6.45) is 0. The monoisotopic (exact) mass is 260 g/mol. The Balaban J connectivity index is 2.07. The quantitative estimate of drug-likeness (QED) is 0.849. The Bertz CT molecular complexity index is 545. The lowest BCUT2D eigenvalue weighted by molar-refractivity contribution is 0.101. The molecule has 94 valence electrons. The van der Waals surface area contributed by atoms with Crippen LogP contribution in [0.2, 0.25) is 0 Å². The van der Waals surface area contributed by atoms with Gasteiger partial charge in [-0.3, -0.25) is 4.79 Å². The van der Waals surface area contributed by atoms with Crippen molar-refractivity contribution in [3.8, 4) is 0 Å². The van der Waals surface area contributed by atoms with Gasteiger partial charge in [0.25, 0.3) is 0 Å². The smallest absolute Gasteiger partial charge is 0.159 e. The third-order valence-electron chi connectivity index (χ3n) is 2.68. The summed E-state index contributed by atoms with van der Waals surface area (Å²) in [4.78, 5) is 15.6. The Labute approximate surface area is 111 Å². The molecule has 0 radical (unpaired) electrons. The van der Waals surface area contributed by atoms with Gasteiger partial charge in [-0.25, -0.2) is 4.98 Å². The second-order valence-electron chi connectivity index (χ2n) is 4.33. The zero-order valence-electron chi connectivity index (χ0n) is 10.7. The van der Waals surface area contributed by atoms with Gasteiger partial charge in [-0.2, -0.15) is 0 Å². The summed E-state index contributed by atoms with van der Waals surface area (Å²) in [7, 11) is 0. The first kappa shape index (κ1) is 12.8. The maximum Gasteiger partial charge on any atom is 0.159 e. The van der Waals surface area contributed by atoms with Crippen LogP contribution in [0.3, 0.4) is 0 Å². The van der Waals surface area contributed by atoms with Crippen molar-refractivity contribution in [2.24, 2.45) is 0 Å². The van der Waals surface area contributed by atoms with E-state index in [-0.39, 0.29) is 11.8 Å². The van der Waals surface area contributed by atoms with Gasteiger partial charge in [-0.05, 0) is 45.0 Å². The number of nitrogens with one attached hydrogen (secondary N) is 1. The fourth-order valence-electron chi connectivity index (χ4n) is 1.68. The molecule has 0 spiro atoms. The Morgan fingerprint density at radius 1 is 1.33 bits per heavy atom. The van der Waals surface area contributed by atoms with Crippen molar-refractivity contribution in [2.75, 3.05) is 5.32 Å². The molecule has 0 saturated carbocycles. The van der Waals surface area contributed by atoms with Crippen molar-refractivity contribution < 1.29 is 4.79 Å². The number of carbonyl (C=O) groups is 1. The highest BCUT2D eigenvalue weighted by Gasteiger charge is 2.09. The predicted octanol–water partition coefficient (Wildman–Crippen LogP) is 3.83. The largest absolute Gasteiger partial charge is 0.376 e. The van der Waals surface area contributed by atoms with Crippen molar-refractivity contribution >= 4 is 22.8 Å². The van der Waals surface area contributed by atoms with Crippen LogP contribution < -0.4 is 5.32 Å². The molecule has 0 saturated heterocycles. The Morgan fingerprint density at radius 3 is 2.50 bits per heavy atom. The number of anilines is 1. The van der Waals surface area contributed by atoms with E-state index in [1.165, 1.54) is 0 Å². The minimum atomic E-state index is 0.0881. The van der Waals surface area contributed by atoms with Crippen LogP contribution in [0.1, 0.15) is 40.9 Å². The summed E-state index contributed by atoms with van der Waals surface area (Å²) in [5.41, 5.74) is 2.79. The molecule has 4 heteroatoms. The second kappa shape index (κ2) is 5.31. The Kier molecular flexibility index (Phi) is 3.77. The highest BCUT2D eigenvalue weighted by Crippen LogP contribution is 2.22. The van der Waals surface area contributed by atoms with Crippen molar-refractivity contribution in [1.82, 2.24) is 4.98 Å². The van der Waals surface area contributed by atoms with Gasteiger partial charge in [0.1, 0.15) is 5.01 Å².